The zero-order valence-electron chi connectivity index (χ0n) is 8.26. The zero-order chi connectivity index (χ0) is 11.7. The highest BCUT2D eigenvalue weighted by Crippen LogP contribution is 2.37. The van der Waals surface area contributed by atoms with E-state index in [2.05, 4.69) is 14.2 Å². The molecule has 1 rings (SSSR count). The molecule has 0 saturated carbocycles. The van der Waals surface area contributed by atoms with Gasteiger partial charge in [-0.25, -0.2) is 18.0 Å². The number of carbonyl (C=O) groups is 1. The Morgan fingerprint density at radius 2 is 2.13 bits per heavy atom. The lowest BCUT2D eigenvalue weighted by molar-refractivity contribution is -0.263. The van der Waals surface area contributed by atoms with Crippen molar-refractivity contribution in [1.82, 2.24) is 0 Å². The Bertz CT molecular complexity index is 254. The van der Waals surface area contributed by atoms with Gasteiger partial charge >= 0.3 is 12.1 Å². The second-order valence-corrected chi connectivity index (χ2v) is 3.33. The Morgan fingerprint density at radius 3 is 2.53 bits per heavy atom. The molecule has 0 aromatic rings. The molecule has 15 heavy (non-hydrogen) atoms. The highest BCUT2D eigenvalue weighted by Gasteiger charge is 2.54. The van der Waals surface area contributed by atoms with Crippen molar-refractivity contribution in [2.45, 2.75) is 31.2 Å². The highest BCUT2D eigenvalue weighted by molar-refractivity contribution is 5.61. The van der Waals surface area contributed by atoms with E-state index in [-0.39, 0.29) is 6.61 Å². The maximum Gasteiger partial charge on any atom is 0.508 e. The van der Waals surface area contributed by atoms with Gasteiger partial charge < -0.3 is 14.2 Å². The van der Waals surface area contributed by atoms with Crippen LogP contribution in [0.25, 0.3) is 0 Å². The molecule has 4 nitrogen and oxygen atoms in total. The van der Waals surface area contributed by atoms with E-state index >= 15 is 0 Å². The Labute approximate surface area is 84.3 Å². The monoisotopic (exact) mass is 228 g/mol. The average Bonchev–Trinajstić information content (AvgIpc) is 2.50. The van der Waals surface area contributed by atoms with Crippen molar-refractivity contribution in [3.63, 3.8) is 0 Å². The van der Waals surface area contributed by atoms with Gasteiger partial charge in [-0.15, -0.1) is 0 Å². The van der Waals surface area contributed by atoms with Crippen molar-refractivity contribution in [2.75, 3.05) is 13.7 Å². The van der Waals surface area contributed by atoms with Gasteiger partial charge in [-0.1, -0.05) is 0 Å². The summed E-state index contributed by atoms with van der Waals surface area (Å²) in [5.41, 5.74) is 0. The number of halogens is 3. The van der Waals surface area contributed by atoms with Gasteiger partial charge in [0.15, 0.2) is 0 Å². The van der Waals surface area contributed by atoms with Crippen molar-refractivity contribution in [1.29, 1.82) is 0 Å². The summed E-state index contributed by atoms with van der Waals surface area (Å²) < 4.78 is 52.4. The van der Waals surface area contributed by atoms with Gasteiger partial charge in [-0.05, 0) is 0 Å². The lowest BCUT2D eigenvalue weighted by Gasteiger charge is -2.29. The number of ether oxygens (including phenoxy) is 3. The molecule has 0 radical (unpaired) electrons. The molecule has 0 aromatic carbocycles. The molecular formula is C8H11F3O4. The predicted octanol–water partition coefficient (Wildman–Crippen LogP) is 1.88. The fraction of sp³-hybridized carbons (Fsp3) is 0.875. The fourth-order valence-corrected chi connectivity index (χ4v) is 1.08. The van der Waals surface area contributed by atoms with E-state index in [9.17, 15) is 18.0 Å². The van der Waals surface area contributed by atoms with Crippen LogP contribution in [0.5, 0.6) is 0 Å². The smallest absolute Gasteiger partial charge is 0.430 e. The first-order valence-electron chi connectivity index (χ1n) is 4.24. The molecule has 88 valence electrons. The van der Waals surface area contributed by atoms with Crippen LogP contribution in [0.2, 0.25) is 0 Å². The maximum atomic E-state index is 13.2. The summed E-state index contributed by atoms with van der Waals surface area (Å²) in [6.45, 7) is 0.318. The SMILES string of the molecule is COC(C)(F)C(F)(F)CC1COC(=O)O1. The van der Waals surface area contributed by atoms with E-state index in [1.54, 1.807) is 0 Å². The minimum absolute atomic E-state index is 0.297. The predicted molar refractivity (Wildman–Crippen MR) is 42.3 cm³/mol. The van der Waals surface area contributed by atoms with Gasteiger partial charge in [0.25, 0.3) is 5.85 Å². The zero-order valence-corrected chi connectivity index (χ0v) is 8.26. The lowest BCUT2D eigenvalue weighted by atomic mass is 10.1. The minimum atomic E-state index is -3.75. The van der Waals surface area contributed by atoms with Crippen LogP contribution >= 0.6 is 0 Å². The van der Waals surface area contributed by atoms with Gasteiger partial charge in [0.05, 0.1) is 6.42 Å². The molecule has 1 fully saturated rings. The van der Waals surface area contributed by atoms with Gasteiger partial charge in [0.1, 0.15) is 12.7 Å². The largest absolute Gasteiger partial charge is 0.508 e. The number of methoxy groups -OCH3 is 1. The van der Waals surface area contributed by atoms with Crippen LogP contribution in [0.15, 0.2) is 0 Å². The standard InChI is InChI=1S/C8H11F3O4/c1-7(9,13-2)8(10,11)3-5-4-14-6(12)15-5/h5H,3-4H2,1-2H3. The lowest BCUT2D eigenvalue weighted by Crippen LogP contribution is -2.45. The van der Waals surface area contributed by atoms with Gasteiger partial charge in [-0.2, -0.15) is 0 Å². The summed E-state index contributed by atoms with van der Waals surface area (Å²) >= 11 is 0. The quantitative estimate of drug-likeness (QED) is 0.689. The Hall–Kier alpha value is -0.980. The second-order valence-electron chi connectivity index (χ2n) is 3.33. The Kier molecular flexibility index (Phi) is 3.13. The Morgan fingerprint density at radius 1 is 1.53 bits per heavy atom. The molecule has 7 heteroatoms. The molecule has 2 unspecified atom stereocenters. The van der Waals surface area contributed by atoms with Crippen LogP contribution in [0.4, 0.5) is 18.0 Å². The maximum absolute atomic E-state index is 13.2. The highest BCUT2D eigenvalue weighted by atomic mass is 19.3. The third-order valence-corrected chi connectivity index (χ3v) is 2.17. The first-order valence-corrected chi connectivity index (χ1v) is 4.24. The average molecular weight is 228 g/mol. The van der Waals surface area contributed by atoms with E-state index in [0.717, 1.165) is 7.11 Å². The number of hydrogen-bond acceptors (Lipinski definition) is 4. The molecule has 1 saturated heterocycles. The molecule has 1 heterocycles. The van der Waals surface area contributed by atoms with Crippen molar-refractivity contribution < 1.29 is 32.2 Å². The van der Waals surface area contributed by atoms with Crippen LogP contribution in [-0.2, 0) is 14.2 Å². The van der Waals surface area contributed by atoms with Crippen molar-refractivity contribution in [2.24, 2.45) is 0 Å². The van der Waals surface area contributed by atoms with Crippen LogP contribution < -0.4 is 0 Å². The summed E-state index contributed by atoms with van der Waals surface area (Å²) in [4.78, 5) is 10.4. The van der Waals surface area contributed by atoms with E-state index in [1.165, 1.54) is 0 Å². The van der Waals surface area contributed by atoms with Crippen molar-refractivity contribution in [3.8, 4) is 0 Å². The molecule has 0 aromatic heterocycles. The third-order valence-electron chi connectivity index (χ3n) is 2.17. The fourth-order valence-electron chi connectivity index (χ4n) is 1.08. The van der Waals surface area contributed by atoms with E-state index in [1.807, 2.05) is 0 Å². The molecular weight excluding hydrogens is 217 g/mol. The topological polar surface area (TPSA) is 44.8 Å². The number of rotatable bonds is 4. The first-order chi connectivity index (χ1) is 6.78. The van der Waals surface area contributed by atoms with Crippen molar-refractivity contribution >= 4 is 6.16 Å². The van der Waals surface area contributed by atoms with Gasteiger partial charge in [-0.3, -0.25) is 0 Å². The minimum Gasteiger partial charge on any atom is -0.430 e. The third kappa shape index (κ3) is 2.53. The summed E-state index contributed by atoms with van der Waals surface area (Å²) in [6.07, 6.45) is -3.13. The molecule has 0 amide bonds. The van der Waals surface area contributed by atoms with E-state index in [4.69, 9.17) is 0 Å². The van der Waals surface area contributed by atoms with Crippen LogP contribution in [-0.4, -0.2) is 37.8 Å². The summed E-state index contributed by atoms with van der Waals surface area (Å²) in [6, 6.07) is 0. The number of alkyl halides is 3. The summed E-state index contributed by atoms with van der Waals surface area (Å²) in [5, 5.41) is 0. The number of hydrogen-bond donors (Lipinski definition) is 0. The van der Waals surface area contributed by atoms with E-state index in [0.29, 0.717) is 6.92 Å². The van der Waals surface area contributed by atoms with Gasteiger partial charge in [0, 0.05) is 14.0 Å². The van der Waals surface area contributed by atoms with Crippen LogP contribution in [0.3, 0.4) is 0 Å². The van der Waals surface area contributed by atoms with Crippen LogP contribution in [0.1, 0.15) is 13.3 Å². The normalized spacial score (nSPS) is 25.7. The molecule has 2 atom stereocenters. The number of carbonyl (C=O) groups excluding carboxylic acids is 1. The van der Waals surface area contributed by atoms with Gasteiger partial charge in [0.2, 0.25) is 0 Å². The summed E-state index contributed by atoms with van der Waals surface area (Å²) in [7, 11) is 0.838. The molecule has 1 aliphatic rings. The molecule has 0 aliphatic carbocycles. The van der Waals surface area contributed by atoms with Crippen LogP contribution in [0, 0.1) is 0 Å². The Balaban J connectivity index is 2.59. The second kappa shape index (κ2) is 3.88. The first kappa shape index (κ1) is 12.1. The molecule has 0 bridgehead atoms. The summed E-state index contributed by atoms with van der Waals surface area (Å²) in [5.74, 6) is -6.84. The van der Waals surface area contributed by atoms with E-state index < -0.39 is 30.5 Å². The number of cyclic esters (lactones) is 2. The molecule has 0 spiro atoms. The molecule has 0 N–H and O–H groups in total. The van der Waals surface area contributed by atoms with Crippen molar-refractivity contribution in [3.05, 3.63) is 0 Å². The molecule has 1 aliphatic heterocycles.